The summed E-state index contributed by atoms with van der Waals surface area (Å²) in [7, 11) is 1.73. The van der Waals surface area contributed by atoms with E-state index in [2.05, 4.69) is 13.8 Å². The van der Waals surface area contributed by atoms with E-state index in [4.69, 9.17) is 9.47 Å². The van der Waals surface area contributed by atoms with Crippen molar-refractivity contribution in [1.82, 2.24) is 0 Å². The van der Waals surface area contributed by atoms with E-state index in [0.717, 1.165) is 26.1 Å². The lowest BCUT2D eigenvalue weighted by Gasteiger charge is -2.08. The van der Waals surface area contributed by atoms with E-state index in [1.807, 2.05) is 0 Å². The summed E-state index contributed by atoms with van der Waals surface area (Å²) in [6.07, 6.45) is 2.43. The van der Waals surface area contributed by atoms with Crippen molar-refractivity contribution in [2.75, 3.05) is 20.3 Å². The Hall–Kier alpha value is -0.0151. The van der Waals surface area contributed by atoms with E-state index in [9.17, 15) is 0 Å². The lowest BCUT2D eigenvalue weighted by Crippen LogP contribution is -2.09. The predicted octanol–water partition coefficient (Wildman–Crippen LogP) is 1.46. The van der Waals surface area contributed by atoms with Crippen LogP contribution in [0.25, 0.3) is 0 Å². The summed E-state index contributed by atoms with van der Waals surface area (Å²) in [5, 5.41) is 0. The van der Waals surface area contributed by atoms with Gasteiger partial charge in [-0.3, -0.25) is 0 Å². The van der Waals surface area contributed by atoms with Gasteiger partial charge < -0.3 is 9.47 Å². The minimum Gasteiger partial charge on any atom is -0.382 e. The lowest BCUT2D eigenvalue weighted by atomic mass is 10.3. The molecule has 0 aromatic heterocycles. The van der Waals surface area contributed by atoms with Crippen molar-refractivity contribution in [2.24, 2.45) is 0 Å². The van der Waals surface area contributed by atoms with Crippen LogP contribution in [-0.2, 0) is 9.47 Å². The van der Waals surface area contributed by atoms with Gasteiger partial charge in [0.05, 0.1) is 6.10 Å². The first-order chi connectivity index (χ1) is 4.81. The van der Waals surface area contributed by atoms with Crippen molar-refractivity contribution in [3.8, 4) is 0 Å². The lowest BCUT2D eigenvalue weighted by molar-refractivity contribution is 0.0619. The van der Waals surface area contributed by atoms with Crippen molar-refractivity contribution < 1.29 is 9.47 Å². The Kier molecular flexibility index (Phi) is 12.3. The molecule has 11 heavy (non-hydrogen) atoms. The third kappa shape index (κ3) is 9.98. The molecule has 1 unspecified atom stereocenters. The van der Waals surface area contributed by atoms with Gasteiger partial charge in [0.15, 0.2) is 0 Å². The Balaban J connectivity index is 0. The molecule has 0 spiro atoms. The first-order valence-electron chi connectivity index (χ1n) is 3.91. The Labute approximate surface area is 71.8 Å². The molecule has 2 nitrogen and oxygen atoms in total. The number of rotatable bonds is 6. The highest BCUT2D eigenvalue weighted by Gasteiger charge is 1.96. The molecule has 1 atom stereocenters. The first kappa shape index (κ1) is 13.6. The third-order valence-electron chi connectivity index (χ3n) is 1.42. The molecule has 0 rings (SSSR count). The van der Waals surface area contributed by atoms with Crippen LogP contribution in [-0.4, -0.2) is 34.8 Å². The monoisotopic (exact) mass is 157 g/mol. The van der Waals surface area contributed by atoms with Crippen molar-refractivity contribution in [2.45, 2.75) is 32.8 Å². The summed E-state index contributed by atoms with van der Waals surface area (Å²) in [5.41, 5.74) is 0. The normalized spacial score (nSPS) is 12.3. The summed E-state index contributed by atoms with van der Waals surface area (Å²) in [5.74, 6) is 0. The molecule has 0 aliphatic heterocycles. The highest BCUT2D eigenvalue weighted by Crippen LogP contribution is 1.95. The summed E-state index contributed by atoms with van der Waals surface area (Å²) >= 11 is 0. The van der Waals surface area contributed by atoms with Crippen LogP contribution in [0.1, 0.15) is 26.7 Å². The van der Waals surface area contributed by atoms with Crippen molar-refractivity contribution in [3.63, 3.8) is 0 Å². The number of hydrogen-bond acceptors (Lipinski definition) is 2. The first-order valence-corrected chi connectivity index (χ1v) is 3.91. The highest BCUT2D eigenvalue weighted by molar-refractivity contribution is 5.75. The second-order valence-corrected chi connectivity index (χ2v) is 2.45. The van der Waals surface area contributed by atoms with Crippen molar-refractivity contribution >= 4 is 8.41 Å². The molecule has 0 aliphatic rings. The van der Waals surface area contributed by atoms with Crippen LogP contribution >= 0.6 is 0 Å². The van der Waals surface area contributed by atoms with Crippen molar-refractivity contribution in [1.29, 1.82) is 0 Å². The summed E-state index contributed by atoms with van der Waals surface area (Å²) < 4.78 is 10.3. The van der Waals surface area contributed by atoms with Gasteiger partial charge in [-0.25, -0.2) is 0 Å². The van der Waals surface area contributed by atoms with Gasteiger partial charge in [0, 0.05) is 28.7 Å². The van der Waals surface area contributed by atoms with Gasteiger partial charge in [-0.15, -0.1) is 0 Å². The second-order valence-electron chi connectivity index (χ2n) is 2.45. The Morgan fingerprint density at radius 2 is 1.91 bits per heavy atom. The third-order valence-corrected chi connectivity index (χ3v) is 1.42. The summed E-state index contributed by atoms with van der Waals surface area (Å²) in [6, 6.07) is 0. The van der Waals surface area contributed by atoms with E-state index in [1.54, 1.807) is 7.11 Å². The van der Waals surface area contributed by atoms with Gasteiger partial charge in [0.25, 0.3) is 0 Å². The predicted molar refractivity (Wildman–Crippen MR) is 48.0 cm³/mol. The standard InChI is InChI=1S/C8H18O2.B/c1-4-6-10-7-5-8(2)9-3;/h8H,4-7H2,1-3H3;. The molecule has 0 bridgehead atoms. The van der Waals surface area contributed by atoms with E-state index in [-0.39, 0.29) is 8.41 Å². The van der Waals surface area contributed by atoms with Crippen LogP contribution in [0.4, 0.5) is 0 Å². The van der Waals surface area contributed by atoms with Gasteiger partial charge in [-0.1, -0.05) is 6.92 Å². The zero-order chi connectivity index (χ0) is 7.82. The van der Waals surface area contributed by atoms with Crippen molar-refractivity contribution in [3.05, 3.63) is 0 Å². The zero-order valence-corrected chi connectivity index (χ0v) is 7.80. The highest BCUT2D eigenvalue weighted by atomic mass is 16.5. The van der Waals surface area contributed by atoms with Gasteiger partial charge in [-0.05, 0) is 19.8 Å². The topological polar surface area (TPSA) is 18.5 Å². The number of hydrogen-bond donors (Lipinski definition) is 0. The molecule has 0 aliphatic carbocycles. The molecular weight excluding hydrogens is 139 g/mol. The molecule has 0 saturated heterocycles. The molecule has 0 aromatic carbocycles. The van der Waals surface area contributed by atoms with E-state index in [1.165, 1.54) is 0 Å². The average molecular weight is 157 g/mol. The molecule has 3 radical (unpaired) electrons. The van der Waals surface area contributed by atoms with Crippen LogP contribution in [0.15, 0.2) is 0 Å². The molecule has 0 fully saturated rings. The van der Waals surface area contributed by atoms with E-state index >= 15 is 0 Å². The fraction of sp³-hybridized carbons (Fsp3) is 1.00. The largest absolute Gasteiger partial charge is 0.382 e. The van der Waals surface area contributed by atoms with Crippen LogP contribution in [0.2, 0.25) is 0 Å². The van der Waals surface area contributed by atoms with Gasteiger partial charge in [0.1, 0.15) is 0 Å². The minimum absolute atomic E-state index is 0. The van der Waals surface area contributed by atoms with Gasteiger partial charge >= 0.3 is 0 Å². The molecule has 0 aromatic rings. The molecule has 0 heterocycles. The van der Waals surface area contributed by atoms with Crippen LogP contribution < -0.4 is 0 Å². The quantitative estimate of drug-likeness (QED) is 0.429. The van der Waals surface area contributed by atoms with Gasteiger partial charge in [0.2, 0.25) is 0 Å². The van der Waals surface area contributed by atoms with Crippen LogP contribution in [0.3, 0.4) is 0 Å². The molecule has 3 heteroatoms. The molecule has 0 amide bonds. The molecule has 65 valence electrons. The summed E-state index contributed by atoms with van der Waals surface area (Å²) in [6.45, 7) is 5.86. The minimum atomic E-state index is 0. The Bertz CT molecular complexity index is 69.1. The second kappa shape index (κ2) is 9.98. The smallest absolute Gasteiger partial charge is 0.0565 e. The van der Waals surface area contributed by atoms with Crippen LogP contribution in [0, 0.1) is 0 Å². The molecule has 0 N–H and O–H groups in total. The van der Waals surface area contributed by atoms with Crippen LogP contribution in [0.5, 0.6) is 0 Å². The maximum absolute atomic E-state index is 5.28. The average Bonchev–Trinajstić information content (AvgIpc) is 1.98. The molecular formula is C8H18BO2. The maximum atomic E-state index is 5.28. The Morgan fingerprint density at radius 3 is 2.36 bits per heavy atom. The SMILES string of the molecule is CCCOCCC(C)OC.[B]. The fourth-order valence-corrected chi connectivity index (χ4v) is 0.614. The maximum Gasteiger partial charge on any atom is 0.0565 e. The Morgan fingerprint density at radius 1 is 1.27 bits per heavy atom. The van der Waals surface area contributed by atoms with Gasteiger partial charge in [-0.2, -0.15) is 0 Å². The van der Waals surface area contributed by atoms with E-state index < -0.39 is 0 Å². The zero-order valence-electron chi connectivity index (χ0n) is 7.80. The van der Waals surface area contributed by atoms with E-state index in [0.29, 0.717) is 6.10 Å². The number of methoxy groups -OCH3 is 1. The fourth-order valence-electron chi connectivity index (χ4n) is 0.614. The summed E-state index contributed by atoms with van der Waals surface area (Å²) in [4.78, 5) is 0. The number of ether oxygens (including phenoxy) is 2. The molecule has 0 saturated carbocycles.